The topological polar surface area (TPSA) is 52.0 Å². The molecule has 0 spiro atoms. The van der Waals surface area contributed by atoms with E-state index in [-0.39, 0.29) is 0 Å². The van der Waals surface area contributed by atoms with Crippen molar-refractivity contribution in [3.05, 3.63) is 0 Å². The molecule has 0 amide bonds. The van der Waals surface area contributed by atoms with Gasteiger partial charge in [-0.05, 0) is 26.7 Å². The summed E-state index contributed by atoms with van der Waals surface area (Å²) in [4.78, 5) is 0. The van der Waals surface area contributed by atoms with Crippen molar-refractivity contribution in [2.75, 3.05) is 0 Å². The summed E-state index contributed by atoms with van der Waals surface area (Å²) in [6.45, 7) is 4.09. The zero-order valence-corrected chi connectivity index (χ0v) is 7.14. The van der Waals surface area contributed by atoms with E-state index in [9.17, 15) is 0 Å². The van der Waals surface area contributed by atoms with Crippen LogP contribution in [0.4, 0.5) is 0 Å². The third-order valence-electron chi connectivity index (χ3n) is 1.57. The number of hydrogen-bond acceptors (Lipinski definition) is 2. The minimum Gasteiger partial charge on any atom is -0.328 e. The van der Waals surface area contributed by atoms with Crippen molar-refractivity contribution in [2.45, 2.75) is 51.6 Å². The summed E-state index contributed by atoms with van der Waals surface area (Å²) in [6, 6.07) is 0.709. The highest BCUT2D eigenvalue weighted by Crippen LogP contribution is 2.02. The molecule has 0 saturated carbocycles. The van der Waals surface area contributed by atoms with E-state index < -0.39 is 0 Å². The molecule has 2 atom stereocenters. The number of nitrogens with two attached hydrogens (primary N) is 2. The van der Waals surface area contributed by atoms with Crippen molar-refractivity contribution >= 4 is 0 Å². The average Bonchev–Trinajstić information content (AvgIpc) is 1.79. The average molecular weight is 144 g/mol. The Labute approximate surface area is 64.0 Å². The van der Waals surface area contributed by atoms with Gasteiger partial charge in [0.25, 0.3) is 0 Å². The number of hydrogen-bond donors (Lipinski definition) is 2. The van der Waals surface area contributed by atoms with Crippen LogP contribution in [-0.2, 0) is 0 Å². The van der Waals surface area contributed by atoms with Gasteiger partial charge in [0.05, 0.1) is 0 Å². The van der Waals surface area contributed by atoms with E-state index in [1.54, 1.807) is 0 Å². The largest absolute Gasteiger partial charge is 0.328 e. The maximum atomic E-state index is 5.58. The lowest BCUT2D eigenvalue weighted by atomic mass is 10.1. The zero-order valence-electron chi connectivity index (χ0n) is 7.14. The van der Waals surface area contributed by atoms with Gasteiger partial charge in [-0.25, -0.2) is 0 Å². The molecule has 0 aromatic heterocycles. The van der Waals surface area contributed by atoms with Gasteiger partial charge in [0.2, 0.25) is 0 Å². The highest BCUT2D eigenvalue weighted by Gasteiger charge is 1.96. The Morgan fingerprint density at radius 2 is 1.20 bits per heavy atom. The lowest BCUT2D eigenvalue weighted by Crippen LogP contribution is -2.16. The Morgan fingerprint density at radius 3 is 1.40 bits per heavy atom. The Kier molecular flexibility index (Phi) is 5.64. The van der Waals surface area contributed by atoms with Crippen LogP contribution in [0.5, 0.6) is 0 Å². The predicted molar refractivity (Wildman–Crippen MR) is 45.8 cm³/mol. The van der Waals surface area contributed by atoms with Crippen LogP contribution in [0.1, 0.15) is 39.5 Å². The maximum Gasteiger partial charge on any atom is 0.00104 e. The molecule has 0 saturated heterocycles. The Hall–Kier alpha value is -0.0800. The summed E-state index contributed by atoms with van der Waals surface area (Å²) >= 11 is 0. The Bertz CT molecular complexity index is 59.7. The smallest absolute Gasteiger partial charge is 0.00104 e. The van der Waals surface area contributed by atoms with Gasteiger partial charge in [-0.2, -0.15) is 0 Å². The zero-order chi connectivity index (χ0) is 7.98. The van der Waals surface area contributed by atoms with Crippen LogP contribution in [-0.4, -0.2) is 12.1 Å². The van der Waals surface area contributed by atoms with Crippen LogP contribution in [0.25, 0.3) is 0 Å². The van der Waals surface area contributed by atoms with Crippen molar-refractivity contribution in [3.8, 4) is 0 Å². The van der Waals surface area contributed by atoms with Gasteiger partial charge in [0, 0.05) is 12.1 Å². The summed E-state index contributed by atoms with van der Waals surface area (Å²) in [6.07, 6.45) is 4.71. The fraction of sp³-hybridized carbons (Fsp3) is 1.00. The predicted octanol–water partition coefficient (Wildman–Crippen LogP) is 1.24. The second-order valence-corrected chi connectivity index (χ2v) is 3.24. The van der Waals surface area contributed by atoms with E-state index in [0.717, 1.165) is 12.8 Å². The maximum absolute atomic E-state index is 5.58. The fourth-order valence-electron chi connectivity index (χ4n) is 0.933. The van der Waals surface area contributed by atoms with E-state index in [1.165, 1.54) is 12.8 Å². The van der Waals surface area contributed by atoms with Gasteiger partial charge in [-0.1, -0.05) is 12.8 Å². The molecule has 0 aromatic rings. The van der Waals surface area contributed by atoms with Crippen molar-refractivity contribution in [1.29, 1.82) is 0 Å². The molecule has 0 fully saturated rings. The van der Waals surface area contributed by atoms with Crippen molar-refractivity contribution in [1.82, 2.24) is 0 Å². The van der Waals surface area contributed by atoms with Crippen LogP contribution in [0, 0.1) is 0 Å². The molecule has 4 N–H and O–H groups in total. The molecule has 0 aliphatic heterocycles. The first-order chi connectivity index (χ1) is 4.63. The highest BCUT2D eigenvalue weighted by atomic mass is 14.6. The summed E-state index contributed by atoms with van der Waals surface area (Å²) in [5.41, 5.74) is 11.2. The van der Waals surface area contributed by atoms with Gasteiger partial charge in [-0.15, -0.1) is 0 Å². The van der Waals surface area contributed by atoms with Crippen LogP contribution in [0.2, 0.25) is 0 Å². The second-order valence-electron chi connectivity index (χ2n) is 3.24. The Morgan fingerprint density at radius 1 is 0.900 bits per heavy atom. The minimum absolute atomic E-state index is 0.355. The van der Waals surface area contributed by atoms with E-state index >= 15 is 0 Å². The molecule has 0 aliphatic rings. The second kappa shape index (κ2) is 5.69. The van der Waals surface area contributed by atoms with Gasteiger partial charge < -0.3 is 11.5 Å². The first kappa shape index (κ1) is 9.92. The molecule has 2 heteroatoms. The first-order valence-electron chi connectivity index (χ1n) is 4.14. The summed E-state index contributed by atoms with van der Waals surface area (Å²) < 4.78 is 0. The molecular weight excluding hydrogens is 124 g/mol. The molecule has 10 heavy (non-hydrogen) atoms. The normalized spacial score (nSPS) is 16.8. The van der Waals surface area contributed by atoms with Crippen LogP contribution < -0.4 is 11.5 Å². The lowest BCUT2D eigenvalue weighted by Gasteiger charge is -2.05. The fourth-order valence-corrected chi connectivity index (χ4v) is 0.933. The Balaban J connectivity index is 2.91. The van der Waals surface area contributed by atoms with E-state index in [4.69, 9.17) is 11.5 Å². The quantitative estimate of drug-likeness (QED) is 0.570. The monoisotopic (exact) mass is 144 g/mol. The molecule has 62 valence electrons. The minimum atomic E-state index is 0.355. The molecular formula is C8H20N2. The van der Waals surface area contributed by atoms with Gasteiger partial charge >= 0.3 is 0 Å². The summed E-state index contributed by atoms with van der Waals surface area (Å²) in [5.74, 6) is 0. The van der Waals surface area contributed by atoms with Gasteiger partial charge in [0.1, 0.15) is 0 Å². The summed E-state index contributed by atoms with van der Waals surface area (Å²) in [7, 11) is 0. The van der Waals surface area contributed by atoms with Crippen LogP contribution in [0.15, 0.2) is 0 Å². The van der Waals surface area contributed by atoms with Crippen molar-refractivity contribution in [3.63, 3.8) is 0 Å². The van der Waals surface area contributed by atoms with E-state index in [0.29, 0.717) is 12.1 Å². The van der Waals surface area contributed by atoms with Crippen LogP contribution in [0.3, 0.4) is 0 Å². The molecule has 0 rings (SSSR count). The van der Waals surface area contributed by atoms with Gasteiger partial charge in [-0.3, -0.25) is 0 Å². The molecule has 0 aliphatic carbocycles. The van der Waals surface area contributed by atoms with Crippen molar-refractivity contribution < 1.29 is 0 Å². The first-order valence-corrected chi connectivity index (χ1v) is 4.14. The molecule has 2 nitrogen and oxygen atoms in total. The third-order valence-corrected chi connectivity index (χ3v) is 1.57. The lowest BCUT2D eigenvalue weighted by molar-refractivity contribution is 0.546. The van der Waals surface area contributed by atoms with Gasteiger partial charge in [0.15, 0.2) is 0 Å². The SMILES string of the molecule is CC(N)CCCCC(C)N. The highest BCUT2D eigenvalue weighted by molar-refractivity contribution is 4.56. The standard InChI is InChI=1S/C8H20N2/c1-7(9)5-3-4-6-8(2)10/h7-8H,3-6,9-10H2,1-2H3. The number of unbranched alkanes of at least 4 members (excludes halogenated alkanes) is 1. The van der Waals surface area contributed by atoms with Crippen molar-refractivity contribution in [2.24, 2.45) is 11.5 Å². The summed E-state index contributed by atoms with van der Waals surface area (Å²) in [5, 5.41) is 0. The molecule has 2 unspecified atom stereocenters. The molecule has 0 bridgehead atoms. The number of rotatable bonds is 5. The van der Waals surface area contributed by atoms with Crippen LogP contribution >= 0.6 is 0 Å². The molecule has 0 aromatic carbocycles. The van der Waals surface area contributed by atoms with E-state index in [1.807, 2.05) is 13.8 Å². The molecule has 0 radical (unpaired) electrons. The van der Waals surface area contributed by atoms with E-state index in [2.05, 4.69) is 0 Å². The third kappa shape index (κ3) is 7.92. The molecule has 0 heterocycles.